The summed E-state index contributed by atoms with van der Waals surface area (Å²) in [6, 6.07) is 18.0. The van der Waals surface area contributed by atoms with Crippen LogP contribution in [0, 0.1) is 0 Å². The van der Waals surface area contributed by atoms with Crippen molar-refractivity contribution in [2.24, 2.45) is 0 Å². The zero-order valence-electron chi connectivity index (χ0n) is 18.3. The average Bonchev–Trinajstić information content (AvgIpc) is 3.45. The lowest BCUT2D eigenvalue weighted by Crippen LogP contribution is -2.16. The number of hydrogen-bond donors (Lipinski definition) is 1. The van der Waals surface area contributed by atoms with Crippen molar-refractivity contribution in [3.63, 3.8) is 0 Å². The molecule has 1 amide bonds. The number of rotatable bonds is 5. The fourth-order valence-electron chi connectivity index (χ4n) is 4.20. The predicted molar refractivity (Wildman–Crippen MR) is 123 cm³/mol. The smallest absolute Gasteiger partial charge is 0.304 e. The second kappa shape index (κ2) is 7.93. The number of aromatic nitrogens is 5. The first-order valence-corrected chi connectivity index (χ1v) is 11.1. The number of halogens is 3. The molecular formula is C25H19F3N6O. The van der Waals surface area contributed by atoms with Crippen LogP contribution in [-0.4, -0.2) is 30.3 Å². The van der Waals surface area contributed by atoms with E-state index >= 15 is 0 Å². The van der Waals surface area contributed by atoms with Gasteiger partial charge in [0.15, 0.2) is 17.2 Å². The quantitative estimate of drug-likeness (QED) is 0.375. The summed E-state index contributed by atoms with van der Waals surface area (Å²) in [6.07, 6.45) is -1.27. The number of hydrogen-bond acceptors (Lipinski definition) is 4. The number of anilines is 1. The van der Waals surface area contributed by atoms with Crippen LogP contribution >= 0.6 is 0 Å². The normalized spacial score (nSPS) is 14.0. The molecule has 10 heteroatoms. The summed E-state index contributed by atoms with van der Waals surface area (Å²) < 4.78 is 43.2. The monoisotopic (exact) mass is 476 g/mol. The molecule has 0 saturated heterocycles. The topological polar surface area (TPSA) is 77.1 Å². The van der Waals surface area contributed by atoms with Gasteiger partial charge >= 0.3 is 6.18 Å². The summed E-state index contributed by atoms with van der Waals surface area (Å²) in [5.41, 5.74) is 0.334. The van der Waals surface area contributed by atoms with Crippen molar-refractivity contribution in [1.82, 2.24) is 24.4 Å². The number of amides is 1. The van der Waals surface area contributed by atoms with Crippen LogP contribution in [0.5, 0.6) is 0 Å². The van der Waals surface area contributed by atoms with Crippen molar-refractivity contribution in [3.8, 4) is 0 Å². The molecule has 6 rings (SSSR count). The van der Waals surface area contributed by atoms with Gasteiger partial charge in [0.25, 0.3) is 5.91 Å². The zero-order valence-corrected chi connectivity index (χ0v) is 18.3. The Kier molecular flexibility index (Phi) is 4.84. The van der Waals surface area contributed by atoms with E-state index in [9.17, 15) is 18.0 Å². The fraction of sp³-hybridized carbons (Fsp3) is 0.200. The van der Waals surface area contributed by atoms with Crippen molar-refractivity contribution in [2.45, 2.75) is 31.5 Å². The van der Waals surface area contributed by atoms with E-state index in [0.717, 1.165) is 35.2 Å². The first-order valence-electron chi connectivity index (χ1n) is 11.1. The lowest BCUT2D eigenvalue weighted by Gasteiger charge is -2.10. The second-order valence-electron chi connectivity index (χ2n) is 8.63. The van der Waals surface area contributed by atoms with Crippen LogP contribution in [0.4, 0.5) is 19.0 Å². The molecule has 1 aliphatic rings. The summed E-state index contributed by atoms with van der Waals surface area (Å²) in [7, 11) is 0. The average molecular weight is 476 g/mol. The molecular weight excluding hydrogens is 457 g/mol. The number of benzene rings is 2. The minimum atomic E-state index is -4.62. The zero-order chi connectivity index (χ0) is 24.2. The van der Waals surface area contributed by atoms with Crippen LogP contribution < -0.4 is 5.32 Å². The standard InChI is InChI=1S/C25H19F3N6O/c26-25(27,28)21-12-19(16-8-9-16)29-23-13-20(31-34(21)23)24(35)30-22-10-11-33(32-22)14-17-6-3-5-15-4-1-2-7-18(15)17/h1-7,10-13,16H,8-9,14H2,(H,30,32,35). The van der Waals surface area contributed by atoms with Gasteiger partial charge in [-0.15, -0.1) is 0 Å². The van der Waals surface area contributed by atoms with Gasteiger partial charge in [-0.25, -0.2) is 9.50 Å². The Hall–Kier alpha value is -4.21. The number of fused-ring (bicyclic) bond motifs is 2. The molecule has 5 aromatic rings. The van der Waals surface area contributed by atoms with E-state index in [1.54, 1.807) is 16.9 Å². The Bertz CT molecular complexity index is 1580. The first-order chi connectivity index (χ1) is 16.8. The van der Waals surface area contributed by atoms with Gasteiger partial charge in [-0.3, -0.25) is 9.48 Å². The van der Waals surface area contributed by atoms with Gasteiger partial charge in [-0.2, -0.15) is 23.4 Å². The van der Waals surface area contributed by atoms with Crippen LogP contribution in [0.2, 0.25) is 0 Å². The van der Waals surface area contributed by atoms with E-state index < -0.39 is 17.8 Å². The molecule has 1 saturated carbocycles. The Morgan fingerprint density at radius 2 is 1.83 bits per heavy atom. The Morgan fingerprint density at radius 3 is 2.63 bits per heavy atom. The van der Waals surface area contributed by atoms with E-state index in [1.807, 2.05) is 42.5 Å². The largest absolute Gasteiger partial charge is 0.433 e. The van der Waals surface area contributed by atoms with Gasteiger partial charge in [0.2, 0.25) is 0 Å². The third-order valence-electron chi connectivity index (χ3n) is 6.06. The van der Waals surface area contributed by atoms with Crippen LogP contribution in [0.3, 0.4) is 0 Å². The van der Waals surface area contributed by atoms with Gasteiger partial charge < -0.3 is 5.32 Å². The lowest BCUT2D eigenvalue weighted by molar-refractivity contribution is -0.142. The molecule has 0 atom stereocenters. The minimum Gasteiger partial charge on any atom is -0.304 e. The van der Waals surface area contributed by atoms with Crippen molar-refractivity contribution >= 4 is 28.1 Å². The summed E-state index contributed by atoms with van der Waals surface area (Å²) >= 11 is 0. The molecule has 1 N–H and O–H groups in total. The molecule has 1 aliphatic carbocycles. The van der Waals surface area contributed by atoms with E-state index in [4.69, 9.17) is 0 Å². The molecule has 2 aromatic carbocycles. The first kappa shape index (κ1) is 21.3. The van der Waals surface area contributed by atoms with Crippen molar-refractivity contribution < 1.29 is 18.0 Å². The maximum Gasteiger partial charge on any atom is 0.433 e. The van der Waals surface area contributed by atoms with Crippen molar-refractivity contribution in [1.29, 1.82) is 0 Å². The Morgan fingerprint density at radius 1 is 1.03 bits per heavy atom. The molecule has 7 nitrogen and oxygen atoms in total. The fourth-order valence-corrected chi connectivity index (χ4v) is 4.20. The molecule has 1 fully saturated rings. The van der Waals surface area contributed by atoms with Gasteiger partial charge in [0.05, 0.1) is 6.54 Å². The number of carbonyl (C=O) groups is 1. The molecule has 3 heterocycles. The third kappa shape index (κ3) is 4.11. The van der Waals surface area contributed by atoms with E-state index in [-0.39, 0.29) is 23.1 Å². The highest BCUT2D eigenvalue weighted by molar-refractivity contribution is 6.03. The number of nitrogens with zero attached hydrogens (tertiary/aromatic N) is 5. The molecule has 0 spiro atoms. The second-order valence-corrected chi connectivity index (χ2v) is 8.63. The predicted octanol–water partition coefficient (Wildman–Crippen LogP) is 5.28. The highest BCUT2D eigenvalue weighted by Crippen LogP contribution is 2.41. The molecule has 35 heavy (non-hydrogen) atoms. The molecule has 0 radical (unpaired) electrons. The highest BCUT2D eigenvalue weighted by Gasteiger charge is 2.37. The van der Waals surface area contributed by atoms with Gasteiger partial charge in [-0.05, 0) is 35.2 Å². The van der Waals surface area contributed by atoms with E-state index in [1.165, 1.54) is 6.07 Å². The van der Waals surface area contributed by atoms with Crippen LogP contribution in [0.1, 0.15) is 46.2 Å². The van der Waals surface area contributed by atoms with E-state index in [0.29, 0.717) is 16.8 Å². The summed E-state index contributed by atoms with van der Waals surface area (Å²) in [6.45, 7) is 0.494. The number of carbonyl (C=O) groups excluding carboxylic acids is 1. The van der Waals surface area contributed by atoms with Crippen molar-refractivity contribution in [3.05, 3.63) is 89.5 Å². The third-order valence-corrected chi connectivity index (χ3v) is 6.06. The Balaban J connectivity index is 1.24. The highest BCUT2D eigenvalue weighted by atomic mass is 19.4. The van der Waals surface area contributed by atoms with Crippen molar-refractivity contribution in [2.75, 3.05) is 5.32 Å². The Labute approximate surface area is 197 Å². The molecule has 0 aliphatic heterocycles. The summed E-state index contributed by atoms with van der Waals surface area (Å²) in [5, 5.41) is 13.1. The number of nitrogens with one attached hydrogen (secondary N) is 1. The SMILES string of the molecule is O=C(Nc1ccn(Cc2cccc3ccccc23)n1)c1cc2nc(C3CC3)cc(C(F)(F)F)n2n1. The van der Waals surface area contributed by atoms with Gasteiger partial charge in [0.1, 0.15) is 5.69 Å². The van der Waals surface area contributed by atoms with Gasteiger partial charge in [0, 0.05) is 29.9 Å². The molecule has 0 unspecified atom stereocenters. The summed E-state index contributed by atoms with van der Waals surface area (Å²) in [4.78, 5) is 17.1. The maximum atomic E-state index is 13.6. The molecule has 0 bridgehead atoms. The lowest BCUT2D eigenvalue weighted by atomic mass is 10.0. The van der Waals surface area contributed by atoms with Gasteiger partial charge in [-0.1, -0.05) is 42.5 Å². The molecule has 176 valence electrons. The van der Waals surface area contributed by atoms with Crippen LogP contribution in [0.15, 0.2) is 66.9 Å². The van der Waals surface area contributed by atoms with Crippen LogP contribution in [-0.2, 0) is 12.7 Å². The number of alkyl halides is 3. The summed E-state index contributed by atoms with van der Waals surface area (Å²) in [5.74, 6) is -0.360. The molecule has 3 aromatic heterocycles. The minimum absolute atomic E-state index is 0.00615. The van der Waals surface area contributed by atoms with Crippen LogP contribution in [0.25, 0.3) is 16.4 Å². The maximum absolute atomic E-state index is 13.6. The van der Waals surface area contributed by atoms with E-state index in [2.05, 4.69) is 20.5 Å².